The quantitative estimate of drug-likeness (QED) is 0.757. The number of rotatable bonds is 6. The lowest BCUT2D eigenvalue weighted by Gasteiger charge is -2.15. The first-order chi connectivity index (χ1) is 8.27. The minimum Gasteiger partial charge on any atom is -0.300 e. The van der Waals surface area contributed by atoms with Crippen LogP contribution >= 0.6 is 10.7 Å². The zero-order chi connectivity index (χ0) is 13.9. The maximum absolute atomic E-state index is 11.5. The lowest BCUT2D eigenvalue weighted by molar-refractivity contribution is 0.455. The topological polar surface area (TPSA) is 64.8 Å². The van der Waals surface area contributed by atoms with Crippen LogP contribution in [0.1, 0.15) is 52.3 Å². The van der Waals surface area contributed by atoms with E-state index < -0.39 is 9.05 Å². The van der Waals surface area contributed by atoms with Crippen LogP contribution in [-0.2, 0) is 15.6 Å². The van der Waals surface area contributed by atoms with Crippen molar-refractivity contribution in [1.82, 2.24) is 14.8 Å². The van der Waals surface area contributed by atoms with Gasteiger partial charge in [-0.15, -0.1) is 10.2 Å². The molecule has 0 bridgehead atoms. The second-order valence-electron chi connectivity index (χ2n) is 4.97. The van der Waals surface area contributed by atoms with Crippen molar-refractivity contribution in [2.75, 3.05) is 0 Å². The van der Waals surface area contributed by atoms with Gasteiger partial charge in [0.15, 0.2) is 0 Å². The third kappa shape index (κ3) is 3.68. The van der Waals surface area contributed by atoms with E-state index in [0.29, 0.717) is 18.3 Å². The summed E-state index contributed by atoms with van der Waals surface area (Å²) in [7, 11) is 1.55. The number of hydrogen-bond acceptors (Lipinski definition) is 4. The Hall–Kier alpha value is -0.620. The molecule has 1 aromatic rings. The van der Waals surface area contributed by atoms with Crippen molar-refractivity contribution in [2.24, 2.45) is 5.92 Å². The van der Waals surface area contributed by atoms with Gasteiger partial charge in [0.25, 0.3) is 14.2 Å². The van der Waals surface area contributed by atoms with Crippen molar-refractivity contribution in [3.63, 3.8) is 0 Å². The van der Waals surface area contributed by atoms with Gasteiger partial charge in [0.1, 0.15) is 5.82 Å². The zero-order valence-electron chi connectivity index (χ0n) is 11.2. The lowest BCUT2D eigenvalue weighted by Crippen LogP contribution is -2.15. The van der Waals surface area contributed by atoms with E-state index >= 15 is 0 Å². The Labute approximate surface area is 113 Å². The fourth-order valence-electron chi connectivity index (χ4n) is 1.94. The SMILES string of the molecule is CCCC(C)c1nnc(S(=O)(=O)Cl)n1CC(C)C. The van der Waals surface area contributed by atoms with Gasteiger partial charge >= 0.3 is 0 Å². The number of halogens is 1. The fourth-order valence-corrected chi connectivity index (χ4v) is 2.86. The predicted octanol–water partition coefficient (Wildman–Crippen LogP) is 2.77. The minimum atomic E-state index is -3.85. The van der Waals surface area contributed by atoms with Gasteiger partial charge in [0.2, 0.25) is 0 Å². The molecule has 0 saturated carbocycles. The van der Waals surface area contributed by atoms with Crippen molar-refractivity contribution in [3.05, 3.63) is 5.82 Å². The molecule has 0 fully saturated rings. The van der Waals surface area contributed by atoms with E-state index in [1.165, 1.54) is 0 Å². The van der Waals surface area contributed by atoms with E-state index in [-0.39, 0.29) is 11.1 Å². The van der Waals surface area contributed by atoms with Crippen LogP contribution in [0.25, 0.3) is 0 Å². The van der Waals surface area contributed by atoms with Gasteiger partial charge in [-0.1, -0.05) is 34.1 Å². The maximum atomic E-state index is 11.5. The molecule has 18 heavy (non-hydrogen) atoms. The molecule has 0 aromatic carbocycles. The highest BCUT2D eigenvalue weighted by Crippen LogP contribution is 2.23. The van der Waals surface area contributed by atoms with E-state index in [9.17, 15) is 8.42 Å². The molecule has 1 unspecified atom stereocenters. The highest BCUT2D eigenvalue weighted by molar-refractivity contribution is 8.13. The molecule has 0 saturated heterocycles. The van der Waals surface area contributed by atoms with Crippen LogP contribution in [0.2, 0.25) is 0 Å². The standard InChI is InChI=1S/C11H20ClN3O2S/c1-5-6-9(4)10-13-14-11(18(12,16)17)15(10)7-8(2)3/h8-9H,5-7H2,1-4H3. The van der Waals surface area contributed by atoms with Gasteiger partial charge in [-0.2, -0.15) is 0 Å². The Bertz CT molecular complexity index is 496. The molecule has 0 aliphatic heterocycles. The molecule has 1 atom stereocenters. The first-order valence-electron chi connectivity index (χ1n) is 6.15. The van der Waals surface area contributed by atoms with Crippen molar-refractivity contribution in [3.8, 4) is 0 Å². The van der Waals surface area contributed by atoms with Crippen LogP contribution in [0, 0.1) is 5.92 Å². The van der Waals surface area contributed by atoms with E-state index in [4.69, 9.17) is 10.7 Å². The molecule has 7 heteroatoms. The minimum absolute atomic E-state index is 0.143. The molecule has 0 N–H and O–H groups in total. The van der Waals surface area contributed by atoms with Crippen LogP contribution in [0.5, 0.6) is 0 Å². The summed E-state index contributed by atoms with van der Waals surface area (Å²) in [5.41, 5.74) is 0. The van der Waals surface area contributed by atoms with Gasteiger partial charge < -0.3 is 4.57 Å². The molecule has 0 aliphatic rings. The number of aromatic nitrogens is 3. The maximum Gasteiger partial charge on any atom is 0.296 e. The van der Waals surface area contributed by atoms with Crippen LogP contribution in [0.4, 0.5) is 0 Å². The Kier molecular flexibility index (Phi) is 5.16. The second kappa shape index (κ2) is 6.02. The molecule has 1 aromatic heterocycles. The average Bonchev–Trinajstić information content (AvgIpc) is 2.60. The summed E-state index contributed by atoms with van der Waals surface area (Å²) in [5, 5.41) is 7.60. The Morgan fingerprint density at radius 3 is 2.33 bits per heavy atom. The van der Waals surface area contributed by atoms with Gasteiger partial charge in [-0.3, -0.25) is 0 Å². The Morgan fingerprint density at radius 2 is 1.89 bits per heavy atom. The zero-order valence-corrected chi connectivity index (χ0v) is 12.8. The summed E-state index contributed by atoms with van der Waals surface area (Å²) < 4.78 is 24.6. The van der Waals surface area contributed by atoms with Crippen molar-refractivity contribution < 1.29 is 8.42 Å². The van der Waals surface area contributed by atoms with Crippen molar-refractivity contribution in [1.29, 1.82) is 0 Å². The molecule has 5 nitrogen and oxygen atoms in total. The first-order valence-corrected chi connectivity index (χ1v) is 8.46. The summed E-state index contributed by atoms with van der Waals surface area (Å²) in [4.78, 5) is 0. The van der Waals surface area contributed by atoms with Crippen LogP contribution in [0.3, 0.4) is 0 Å². The van der Waals surface area contributed by atoms with Gasteiger partial charge in [0, 0.05) is 23.1 Å². The molecule has 0 aliphatic carbocycles. The first kappa shape index (κ1) is 15.4. The summed E-state index contributed by atoms with van der Waals surface area (Å²) in [6.07, 6.45) is 1.96. The third-order valence-corrected chi connectivity index (χ3v) is 3.83. The number of nitrogens with zero attached hydrogens (tertiary/aromatic N) is 3. The van der Waals surface area contributed by atoms with Crippen LogP contribution in [0.15, 0.2) is 5.16 Å². The van der Waals surface area contributed by atoms with Crippen molar-refractivity contribution >= 4 is 19.7 Å². The molecule has 0 spiro atoms. The van der Waals surface area contributed by atoms with E-state index in [0.717, 1.165) is 12.8 Å². The Morgan fingerprint density at radius 1 is 1.28 bits per heavy atom. The van der Waals surface area contributed by atoms with Crippen LogP contribution in [-0.4, -0.2) is 23.2 Å². The van der Waals surface area contributed by atoms with E-state index in [1.54, 1.807) is 4.57 Å². The summed E-state index contributed by atoms with van der Waals surface area (Å²) in [6, 6.07) is 0. The third-order valence-electron chi connectivity index (χ3n) is 2.67. The van der Waals surface area contributed by atoms with E-state index in [1.807, 2.05) is 20.8 Å². The monoisotopic (exact) mass is 293 g/mol. The van der Waals surface area contributed by atoms with E-state index in [2.05, 4.69) is 17.1 Å². The van der Waals surface area contributed by atoms with Gasteiger partial charge in [-0.25, -0.2) is 8.42 Å². The predicted molar refractivity (Wildman–Crippen MR) is 71.2 cm³/mol. The van der Waals surface area contributed by atoms with Crippen LogP contribution < -0.4 is 0 Å². The summed E-state index contributed by atoms with van der Waals surface area (Å²) >= 11 is 0. The van der Waals surface area contributed by atoms with Gasteiger partial charge in [-0.05, 0) is 12.3 Å². The molecule has 1 rings (SSSR count). The van der Waals surface area contributed by atoms with Gasteiger partial charge in [0.05, 0.1) is 0 Å². The lowest BCUT2D eigenvalue weighted by atomic mass is 10.1. The summed E-state index contributed by atoms with van der Waals surface area (Å²) in [6.45, 7) is 8.68. The molecular weight excluding hydrogens is 274 g/mol. The number of hydrogen-bond donors (Lipinski definition) is 0. The molecule has 1 heterocycles. The molecule has 0 amide bonds. The summed E-state index contributed by atoms with van der Waals surface area (Å²) in [5.74, 6) is 1.17. The smallest absolute Gasteiger partial charge is 0.296 e. The average molecular weight is 294 g/mol. The normalized spacial score (nSPS) is 14.1. The highest BCUT2D eigenvalue weighted by atomic mass is 35.7. The fraction of sp³-hybridized carbons (Fsp3) is 0.818. The highest BCUT2D eigenvalue weighted by Gasteiger charge is 2.25. The Balaban J connectivity index is 3.23. The van der Waals surface area contributed by atoms with Crippen molar-refractivity contribution in [2.45, 2.75) is 58.2 Å². The molecule has 0 radical (unpaired) electrons. The molecular formula is C11H20ClN3O2S. The molecule has 104 valence electrons. The second-order valence-corrected chi connectivity index (χ2v) is 7.43. The largest absolute Gasteiger partial charge is 0.300 e.